The van der Waals surface area contributed by atoms with Crippen LogP contribution in [0.4, 0.5) is 0 Å². The van der Waals surface area contributed by atoms with Crippen molar-refractivity contribution in [2.45, 2.75) is 219 Å². The highest BCUT2D eigenvalue weighted by molar-refractivity contribution is 8.14. The molecule has 15 unspecified atom stereocenters. The second-order valence-electron chi connectivity index (χ2n) is 27.3. The lowest BCUT2D eigenvalue weighted by Crippen LogP contribution is -2.58. The first-order chi connectivity index (χ1) is 47.9. The summed E-state index contributed by atoms with van der Waals surface area (Å²) >= 11 is 1.35. The van der Waals surface area contributed by atoms with Crippen LogP contribution in [0.2, 0.25) is 0 Å². The molecule has 2 aromatic rings. The average molecular weight is 1430 g/mol. The SMILES string of the molecule is C=CCC(C)C(N)C1=NC(C(=O)NC(CC(C)C)C(=O)CC(CCC(=O)O)C(=O)NC(C(=O)CC2CCCCNC(=O)C(CC(N)=O)CC(=O)C(CC(=O)O)NC(=O)C(Cc3c[nH]cn3)NC(=O)C(Cc3ccccc3)NC(=O)C(C(C)CC)CC(=O)C(CCCN)NC2=O)C(C)CC)CS1. The number of allylic oxidation sites excluding steroid dienone is 1. The standard InChI is InChI=1S/C71H107N13O16S/c1-9-18-42(8)62(74)71-83-54(37-101-71)70(100)79-50(27-39(4)5)55(85)29-45(23-24-60(90)91)66(96)84-63(41(7)11-3)58(88)30-44-21-15-16-26-76-64(94)46(32-59(73)89)31-56(86)51(35-61(92)93)80-69(99)53(33-47-36-75-38-77-47)82-68(98)52(28-43-19-13-12-14-20-43)81-67(97)48(40(6)10-2)34-57(87)49(22-17-25-72)78-65(44)95/h9,12-14,19-20,36,38-42,44-46,48-54,62-63H,1,10-11,15-18,21-35,37,72,74H2,2-8H3,(H2,73,89)(H,75,77)(H,76,94)(H,78,95)(H,79,100)(H,80,99)(H,81,97)(H,82,98)(H,84,96)(H,90,91)(H,92,93). The van der Waals surface area contributed by atoms with Crippen molar-refractivity contribution < 1.29 is 77.3 Å². The van der Waals surface area contributed by atoms with Gasteiger partial charge in [0, 0.05) is 87.6 Å². The van der Waals surface area contributed by atoms with Crippen LogP contribution in [0.25, 0.3) is 0 Å². The lowest BCUT2D eigenvalue weighted by Gasteiger charge is -2.29. The molecule has 4 rings (SSSR count). The number of benzene rings is 1. The molecule has 0 bridgehead atoms. The Bertz CT molecular complexity index is 3200. The van der Waals surface area contributed by atoms with Crippen LogP contribution in [0, 0.1) is 47.3 Å². The number of aliphatic carboxylic acids is 2. The van der Waals surface area contributed by atoms with Gasteiger partial charge in [0.05, 0.1) is 59.6 Å². The Morgan fingerprint density at radius 1 is 0.743 bits per heavy atom. The molecule has 0 spiro atoms. The number of hydrogen-bond donors (Lipinski definition) is 13. The van der Waals surface area contributed by atoms with Crippen LogP contribution in [0.5, 0.6) is 0 Å². The number of aliphatic imine (C=N–C) groups is 1. The summed E-state index contributed by atoms with van der Waals surface area (Å²) < 4.78 is 0. The summed E-state index contributed by atoms with van der Waals surface area (Å²) in [6.45, 7) is 16.3. The molecule has 101 heavy (non-hydrogen) atoms. The van der Waals surface area contributed by atoms with E-state index in [2.05, 4.69) is 58.8 Å². The minimum atomic E-state index is -1.82. The van der Waals surface area contributed by atoms with E-state index in [9.17, 15) is 67.7 Å². The van der Waals surface area contributed by atoms with E-state index < -0.39 is 211 Å². The molecule has 0 saturated carbocycles. The molecule has 0 aliphatic carbocycles. The van der Waals surface area contributed by atoms with E-state index in [0.29, 0.717) is 29.9 Å². The molecule has 16 N–H and O–H groups in total. The number of primary amides is 1. The summed E-state index contributed by atoms with van der Waals surface area (Å²) in [4.78, 5) is 208. The quantitative estimate of drug-likeness (QED) is 0.0448. The summed E-state index contributed by atoms with van der Waals surface area (Å²) in [7, 11) is 0. The molecule has 2 aliphatic heterocycles. The summed E-state index contributed by atoms with van der Waals surface area (Å²) in [6.07, 6.45) is 0.979. The second-order valence-corrected chi connectivity index (χ2v) is 28.3. The first-order valence-electron chi connectivity index (χ1n) is 35.1. The largest absolute Gasteiger partial charge is 0.481 e. The average Bonchev–Trinajstić information content (AvgIpc) is 1.75. The van der Waals surface area contributed by atoms with Crippen molar-refractivity contribution in [3.05, 3.63) is 66.8 Å². The number of imidazole rings is 1. The number of H-pyrrole nitrogens is 1. The second kappa shape index (κ2) is 43.3. The zero-order valence-corrected chi connectivity index (χ0v) is 60.1. The Morgan fingerprint density at radius 2 is 1.40 bits per heavy atom. The van der Waals surface area contributed by atoms with Gasteiger partial charge in [-0.3, -0.25) is 72.1 Å². The number of nitrogens with one attached hydrogen (secondary N) is 8. The number of rotatable bonds is 34. The number of ketones is 4. The highest BCUT2D eigenvalue weighted by Crippen LogP contribution is 2.28. The van der Waals surface area contributed by atoms with Gasteiger partial charge in [-0.15, -0.1) is 18.3 Å². The summed E-state index contributed by atoms with van der Waals surface area (Å²) in [5, 5.41) is 39.5. The first kappa shape index (κ1) is 84.9. The number of carboxylic acids is 2. The van der Waals surface area contributed by atoms with Crippen molar-refractivity contribution >= 4 is 99.1 Å². The maximum Gasteiger partial charge on any atom is 0.305 e. The predicted octanol–water partition coefficient (Wildman–Crippen LogP) is 2.85. The zero-order valence-electron chi connectivity index (χ0n) is 59.3. The fourth-order valence-corrected chi connectivity index (χ4v) is 13.3. The third kappa shape index (κ3) is 28.8. The van der Waals surface area contributed by atoms with Gasteiger partial charge in [0.25, 0.3) is 0 Å². The molecule has 30 heteroatoms. The molecule has 2 aliphatic rings. The number of aromatic amines is 1. The number of carbonyl (C=O) groups is 14. The number of nitrogens with zero attached hydrogens (tertiary/aromatic N) is 2. The molecule has 1 aromatic carbocycles. The molecule has 1 aromatic heterocycles. The van der Waals surface area contributed by atoms with Gasteiger partial charge in [0.1, 0.15) is 18.1 Å². The minimum absolute atomic E-state index is 0.00124. The number of hydrogen-bond acceptors (Lipinski definition) is 19. The van der Waals surface area contributed by atoms with Gasteiger partial charge in [0.2, 0.25) is 47.3 Å². The smallest absolute Gasteiger partial charge is 0.305 e. The highest BCUT2D eigenvalue weighted by atomic mass is 32.2. The third-order valence-corrected chi connectivity index (χ3v) is 19.8. The number of Topliss-reactive ketones (excluding diaryl/α,β-unsaturated/α-hetero) is 4. The number of amides is 8. The molecule has 558 valence electrons. The number of aromatic nitrogens is 2. The van der Waals surface area contributed by atoms with Crippen LogP contribution in [0.15, 0.2) is 60.5 Å². The Kier molecular flexibility index (Phi) is 36.4. The monoisotopic (exact) mass is 1430 g/mol. The van der Waals surface area contributed by atoms with Crippen molar-refractivity contribution in [2.24, 2.45) is 69.5 Å². The van der Waals surface area contributed by atoms with Gasteiger partial charge < -0.3 is 69.6 Å². The van der Waals surface area contributed by atoms with E-state index in [1.165, 1.54) is 24.3 Å². The first-order valence-corrected chi connectivity index (χ1v) is 36.1. The normalized spacial score (nSPS) is 23.2. The highest BCUT2D eigenvalue weighted by Gasteiger charge is 2.40. The maximum atomic E-state index is 15.0. The van der Waals surface area contributed by atoms with Crippen molar-refractivity contribution in [3.63, 3.8) is 0 Å². The molecular weight excluding hydrogens is 1320 g/mol. The van der Waals surface area contributed by atoms with E-state index in [0.717, 1.165) is 0 Å². The molecule has 29 nitrogen and oxygen atoms in total. The van der Waals surface area contributed by atoms with Crippen LogP contribution in [-0.2, 0) is 80.0 Å². The fraction of sp³-hybridized carbons (Fsp3) is 0.634. The summed E-state index contributed by atoms with van der Waals surface area (Å²) in [5.74, 6) is -18.3. The van der Waals surface area contributed by atoms with Gasteiger partial charge in [-0.1, -0.05) is 104 Å². The van der Waals surface area contributed by atoms with Gasteiger partial charge >= 0.3 is 11.9 Å². The number of thioether (sulfide) groups is 1. The predicted molar refractivity (Wildman–Crippen MR) is 379 cm³/mol. The summed E-state index contributed by atoms with van der Waals surface area (Å²) in [5.41, 5.74) is 18.8. The number of carbonyl (C=O) groups excluding carboxylic acids is 12. The Morgan fingerprint density at radius 3 is 2.00 bits per heavy atom. The maximum absolute atomic E-state index is 15.0. The fourth-order valence-electron chi connectivity index (χ4n) is 12.1. The van der Waals surface area contributed by atoms with Gasteiger partial charge in [-0.2, -0.15) is 0 Å². The van der Waals surface area contributed by atoms with Crippen LogP contribution in [0.1, 0.15) is 169 Å². The third-order valence-electron chi connectivity index (χ3n) is 18.7. The Labute approximate surface area is 595 Å². The van der Waals surface area contributed by atoms with Crippen molar-refractivity contribution in [3.8, 4) is 0 Å². The molecule has 1 fully saturated rings. The van der Waals surface area contributed by atoms with E-state index in [4.69, 9.17) is 17.2 Å². The number of nitrogens with two attached hydrogens (primary N) is 3. The lowest BCUT2D eigenvalue weighted by atomic mass is 9.84. The van der Waals surface area contributed by atoms with Gasteiger partial charge in [-0.25, -0.2) is 4.98 Å². The molecule has 1 saturated heterocycles. The topological polar surface area (TPSA) is 483 Å². The van der Waals surface area contributed by atoms with Crippen molar-refractivity contribution in [1.82, 2.24) is 47.2 Å². The Balaban J connectivity index is 1.77. The molecule has 0 radical (unpaired) electrons. The van der Waals surface area contributed by atoms with Gasteiger partial charge in [-0.05, 0) is 80.7 Å². The van der Waals surface area contributed by atoms with E-state index in [-0.39, 0.29) is 94.2 Å². The molecule has 15 atom stereocenters. The molecular formula is C71H107N13O16S. The number of carboxylic acid groups (broad SMARTS) is 2. The zero-order chi connectivity index (χ0) is 75.0. The molecule has 3 heterocycles. The summed E-state index contributed by atoms with van der Waals surface area (Å²) in [6, 6.07) is -1.29. The van der Waals surface area contributed by atoms with Crippen LogP contribution in [-0.4, -0.2) is 175 Å². The minimum Gasteiger partial charge on any atom is -0.481 e. The van der Waals surface area contributed by atoms with Crippen LogP contribution < -0.4 is 54.4 Å². The van der Waals surface area contributed by atoms with Crippen LogP contribution >= 0.6 is 11.8 Å². The van der Waals surface area contributed by atoms with Crippen molar-refractivity contribution in [2.75, 3.05) is 18.8 Å². The lowest BCUT2D eigenvalue weighted by molar-refractivity contribution is -0.141. The van der Waals surface area contributed by atoms with Gasteiger partial charge in [0.15, 0.2) is 23.1 Å². The molecule has 8 amide bonds. The van der Waals surface area contributed by atoms with E-state index >= 15 is 9.59 Å². The van der Waals surface area contributed by atoms with E-state index in [1.54, 1.807) is 64.1 Å². The Hall–Kier alpha value is -8.51. The van der Waals surface area contributed by atoms with E-state index in [1.807, 2.05) is 20.8 Å². The van der Waals surface area contributed by atoms with Crippen molar-refractivity contribution in [1.29, 1.82) is 0 Å². The van der Waals surface area contributed by atoms with Crippen LogP contribution in [0.3, 0.4) is 0 Å².